The monoisotopic (exact) mass is 528 g/mol. The van der Waals surface area contributed by atoms with Gasteiger partial charge in [-0.25, -0.2) is 9.18 Å². The summed E-state index contributed by atoms with van der Waals surface area (Å²) in [6.45, 7) is 4.50. The Labute approximate surface area is 225 Å². The van der Waals surface area contributed by atoms with E-state index in [1.807, 2.05) is 37.4 Å². The fourth-order valence-corrected chi connectivity index (χ4v) is 5.71. The van der Waals surface area contributed by atoms with Gasteiger partial charge in [0.05, 0.1) is 5.56 Å². The number of thioether (sulfide) groups is 1. The number of halogens is 1. The second-order valence-corrected chi connectivity index (χ2v) is 11.2. The largest absolute Gasteiger partial charge is 0.480 e. The van der Waals surface area contributed by atoms with E-state index in [0.717, 1.165) is 29.9 Å². The molecule has 0 saturated heterocycles. The molecule has 1 fully saturated rings. The summed E-state index contributed by atoms with van der Waals surface area (Å²) in [4.78, 5) is 25.0. The average Bonchev–Trinajstić information content (AvgIpc) is 2.90. The van der Waals surface area contributed by atoms with E-state index < -0.39 is 23.7 Å². The van der Waals surface area contributed by atoms with E-state index in [0.29, 0.717) is 35.9 Å². The van der Waals surface area contributed by atoms with Crippen LogP contribution in [0.15, 0.2) is 36.4 Å². The van der Waals surface area contributed by atoms with E-state index in [4.69, 9.17) is 0 Å². The molecule has 5 nitrogen and oxygen atoms in total. The topological polar surface area (TPSA) is 78.4 Å². The molecular weight excluding hydrogens is 487 g/mol. The predicted octanol–water partition coefficient (Wildman–Crippen LogP) is 6.58. The molecule has 1 amide bonds. The number of benzene rings is 2. The van der Waals surface area contributed by atoms with Gasteiger partial charge in [0, 0.05) is 18.2 Å². The average molecular weight is 529 g/mol. The second-order valence-electron chi connectivity index (χ2n) is 10.2. The third kappa shape index (κ3) is 8.30. The summed E-state index contributed by atoms with van der Waals surface area (Å²) in [6.07, 6.45) is 10.8. The van der Waals surface area contributed by atoms with Crippen LogP contribution in [0.4, 0.5) is 4.39 Å². The number of carbonyl (C=O) groups excluding carboxylic acids is 1. The molecule has 0 unspecified atom stereocenters. The Balaban J connectivity index is 1.87. The number of carboxylic acids is 1. The minimum absolute atomic E-state index is 0.153. The quantitative estimate of drug-likeness (QED) is 0.274. The Hall–Kier alpha value is -2.38. The zero-order valence-corrected chi connectivity index (χ0v) is 23.1. The summed E-state index contributed by atoms with van der Waals surface area (Å²) in [5, 5.41) is 15.8. The van der Waals surface area contributed by atoms with Gasteiger partial charge >= 0.3 is 5.97 Å². The Bertz CT molecular complexity index is 1060. The maximum atomic E-state index is 15.4. The molecule has 0 aromatic heterocycles. The highest BCUT2D eigenvalue weighted by atomic mass is 32.2. The van der Waals surface area contributed by atoms with Gasteiger partial charge in [0.1, 0.15) is 11.9 Å². The molecule has 1 saturated carbocycles. The van der Waals surface area contributed by atoms with Gasteiger partial charge in [-0.3, -0.25) is 4.79 Å². The van der Waals surface area contributed by atoms with Crippen LogP contribution < -0.4 is 10.6 Å². The van der Waals surface area contributed by atoms with Crippen molar-refractivity contribution >= 4 is 23.6 Å². The molecule has 7 heteroatoms. The third-order valence-corrected chi connectivity index (χ3v) is 8.14. The minimum Gasteiger partial charge on any atom is -0.480 e. The summed E-state index contributed by atoms with van der Waals surface area (Å²) >= 11 is 1.52. The molecule has 1 aliphatic carbocycles. The highest BCUT2D eigenvalue weighted by Crippen LogP contribution is 2.31. The van der Waals surface area contributed by atoms with Crippen molar-refractivity contribution in [3.05, 3.63) is 58.9 Å². The molecule has 2 aromatic rings. The van der Waals surface area contributed by atoms with Crippen LogP contribution in [-0.2, 0) is 11.3 Å². The summed E-state index contributed by atoms with van der Waals surface area (Å²) in [6, 6.07) is 9.99. The fraction of sp³-hybridized carbons (Fsp3) is 0.533. The van der Waals surface area contributed by atoms with E-state index >= 15 is 4.39 Å². The highest BCUT2D eigenvalue weighted by molar-refractivity contribution is 7.98. The molecule has 37 heavy (non-hydrogen) atoms. The smallest absolute Gasteiger partial charge is 0.326 e. The zero-order valence-electron chi connectivity index (χ0n) is 22.3. The van der Waals surface area contributed by atoms with E-state index in [-0.39, 0.29) is 5.56 Å². The first-order chi connectivity index (χ1) is 17.8. The van der Waals surface area contributed by atoms with Gasteiger partial charge in [0.2, 0.25) is 0 Å². The second kappa shape index (κ2) is 14.5. The number of amides is 1. The van der Waals surface area contributed by atoms with Gasteiger partial charge in [-0.05, 0) is 72.9 Å². The molecule has 0 radical (unpaired) electrons. The van der Waals surface area contributed by atoms with Gasteiger partial charge in [0.25, 0.3) is 5.91 Å². The summed E-state index contributed by atoms with van der Waals surface area (Å²) < 4.78 is 15.4. The standard InChI is InChI=1S/C30H41FN2O3S/c1-4-23(16-21-11-6-5-7-12-21)32-19-22-17-25(24-13-9-8-10-20(24)2)26(18-27(22)31)29(34)33-28(30(35)36)14-15-37-3/h8-10,13,17-18,21,23,28,32H,4-7,11-12,14-16,19H2,1-3H3,(H,33,34)(H,35,36)/t23-,28+/m1/s1. The van der Waals surface area contributed by atoms with E-state index in [2.05, 4.69) is 17.6 Å². The Morgan fingerprint density at radius 2 is 1.86 bits per heavy atom. The number of rotatable bonds is 13. The molecule has 0 spiro atoms. The summed E-state index contributed by atoms with van der Waals surface area (Å²) in [7, 11) is 0. The van der Waals surface area contributed by atoms with Crippen LogP contribution in [0.5, 0.6) is 0 Å². The molecule has 1 aliphatic rings. The maximum absolute atomic E-state index is 15.4. The normalized spacial score (nSPS) is 15.8. The number of carboxylic acid groups (broad SMARTS) is 1. The minimum atomic E-state index is -1.09. The van der Waals surface area contributed by atoms with Crippen LogP contribution in [-0.4, -0.2) is 41.1 Å². The Kier molecular flexibility index (Phi) is 11.5. The molecule has 2 atom stereocenters. The number of nitrogens with one attached hydrogen (secondary N) is 2. The van der Waals surface area contributed by atoms with Crippen molar-refractivity contribution in [1.29, 1.82) is 0 Å². The van der Waals surface area contributed by atoms with Crippen molar-refractivity contribution in [2.24, 2.45) is 5.92 Å². The Morgan fingerprint density at radius 3 is 2.51 bits per heavy atom. The predicted molar refractivity (Wildman–Crippen MR) is 151 cm³/mol. The first-order valence-electron chi connectivity index (χ1n) is 13.5. The number of aliphatic carboxylic acids is 1. The van der Waals surface area contributed by atoms with Crippen molar-refractivity contribution in [3.8, 4) is 11.1 Å². The maximum Gasteiger partial charge on any atom is 0.326 e. The first kappa shape index (κ1) is 29.2. The lowest BCUT2D eigenvalue weighted by Crippen LogP contribution is -2.41. The van der Waals surface area contributed by atoms with Crippen molar-refractivity contribution in [2.75, 3.05) is 12.0 Å². The lowest BCUT2D eigenvalue weighted by molar-refractivity contribution is -0.139. The third-order valence-electron chi connectivity index (χ3n) is 7.50. The van der Waals surface area contributed by atoms with E-state index in [9.17, 15) is 14.7 Å². The summed E-state index contributed by atoms with van der Waals surface area (Å²) in [5.74, 6) is -0.796. The lowest BCUT2D eigenvalue weighted by atomic mass is 9.84. The van der Waals surface area contributed by atoms with E-state index in [1.165, 1.54) is 49.9 Å². The number of aryl methyl sites for hydroxylation is 1. The molecule has 0 heterocycles. The SMILES string of the molecule is CC[C@H](CC1CCCCC1)NCc1cc(-c2ccccc2C)c(C(=O)N[C@@H](CCSC)C(=O)O)cc1F. The molecule has 0 aliphatic heterocycles. The molecule has 3 rings (SSSR count). The fourth-order valence-electron chi connectivity index (χ4n) is 5.24. The van der Waals surface area contributed by atoms with Gasteiger partial charge in [-0.1, -0.05) is 63.3 Å². The molecule has 2 aromatic carbocycles. The van der Waals surface area contributed by atoms with Crippen LogP contribution in [0.1, 0.15) is 79.8 Å². The van der Waals surface area contributed by atoms with Crippen LogP contribution in [0.25, 0.3) is 11.1 Å². The lowest BCUT2D eigenvalue weighted by Gasteiger charge is -2.27. The Morgan fingerprint density at radius 1 is 1.14 bits per heavy atom. The van der Waals surface area contributed by atoms with Gasteiger partial charge < -0.3 is 15.7 Å². The molecule has 3 N–H and O–H groups in total. The van der Waals surface area contributed by atoms with Crippen LogP contribution in [0.3, 0.4) is 0 Å². The molecule has 202 valence electrons. The van der Waals surface area contributed by atoms with Crippen LogP contribution >= 0.6 is 11.8 Å². The number of carbonyl (C=O) groups is 2. The first-order valence-corrected chi connectivity index (χ1v) is 14.9. The van der Waals surface area contributed by atoms with Crippen LogP contribution in [0.2, 0.25) is 0 Å². The van der Waals surface area contributed by atoms with Crippen molar-refractivity contribution in [1.82, 2.24) is 10.6 Å². The number of hydrogen-bond acceptors (Lipinski definition) is 4. The van der Waals surface area contributed by atoms with Crippen molar-refractivity contribution in [3.63, 3.8) is 0 Å². The van der Waals surface area contributed by atoms with Gasteiger partial charge in [-0.15, -0.1) is 0 Å². The van der Waals surface area contributed by atoms with Crippen molar-refractivity contribution < 1.29 is 19.1 Å². The van der Waals surface area contributed by atoms with Crippen LogP contribution in [0, 0.1) is 18.7 Å². The van der Waals surface area contributed by atoms with Gasteiger partial charge in [0.15, 0.2) is 0 Å². The van der Waals surface area contributed by atoms with Crippen molar-refractivity contribution in [2.45, 2.75) is 83.8 Å². The molecular formula is C30H41FN2O3S. The van der Waals surface area contributed by atoms with E-state index in [1.54, 1.807) is 6.07 Å². The highest BCUT2D eigenvalue weighted by Gasteiger charge is 2.24. The summed E-state index contributed by atoms with van der Waals surface area (Å²) in [5.41, 5.74) is 3.07. The molecule has 0 bridgehead atoms. The zero-order chi connectivity index (χ0) is 26.8. The van der Waals surface area contributed by atoms with Gasteiger partial charge in [-0.2, -0.15) is 11.8 Å². The number of hydrogen-bond donors (Lipinski definition) is 3.